The van der Waals surface area contributed by atoms with Crippen LogP contribution in [0.4, 0.5) is 15.9 Å². The third-order valence-electron chi connectivity index (χ3n) is 5.56. The first-order valence-electron chi connectivity index (χ1n) is 10.4. The number of carbonyl (C=O) groups excluding carboxylic acids is 2. The van der Waals surface area contributed by atoms with Crippen LogP contribution >= 0.6 is 23.2 Å². The van der Waals surface area contributed by atoms with Gasteiger partial charge in [-0.15, -0.1) is 0 Å². The highest BCUT2D eigenvalue weighted by molar-refractivity contribution is 6.34. The maximum atomic E-state index is 14.4. The lowest BCUT2D eigenvalue weighted by Gasteiger charge is -2.32. The molecular formula is C24H21Cl2FN4O3. The molecule has 0 aliphatic carbocycles. The summed E-state index contributed by atoms with van der Waals surface area (Å²) >= 11 is 12.5. The number of aromatic nitrogens is 1. The van der Waals surface area contributed by atoms with Crippen molar-refractivity contribution in [2.75, 3.05) is 43.2 Å². The van der Waals surface area contributed by atoms with Gasteiger partial charge in [-0.2, -0.15) is 0 Å². The number of hydrogen-bond donors (Lipinski definition) is 1. The van der Waals surface area contributed by atoms with Gasteiger partial charge in [-0.1, -0.05) is 29.3 Å². The highest BCUT2D eigenvalue weighted by Gasteiger charge is 2.26. The summed E-state index contributed by atoms with van der Waals surface area (Å²) in [5, 5.41) is 0.423. The van der Waals surface area contributed by atoms with Gasteiger partial charge in [-0.3, -0.25) is 14.5 Å². The minimum Gasteiger partial charge on any atom is -0.378 e. The zero-order chi connectivity index (χ0) is 24.4. The fourth-order valence-electron chi connectivity index (χ4n) is 3.75. The number of carbonyl (C=O) groups is 2. The Hall–Kier alpha value is -3.20. The van der Waals surface area contributed by atoms with Gasteiger partial charge in [0, 0.05) is 48.0 Å². The number of pyridine rings is 1. The molecule has 1 aliphatic rings. The molecule has 0 spiro atoms. The summed E-state index contributed by atoms with van der Waals surface area (Å²) in [6, 6.07) is 10.6. The lowest BCUT2D eigenvalue weighted by Crippen LogP contribution is -2.38. The van der Waals surface area contributed by atoms with Crippen LogP contribution < -0.4 is 15.5 Å². The summed E-state index contributed by atoms with van der Waals surface area (Å²) in [4.78, 5) is 32.7. The summed E-state index contributed by atoms with van der Waals surface area (Å²) in [5.74, 6) is -1.62. The summed E-state index contributed by atoms with van der Waals surface area (Å²) in [6.07, 6.45) is 1.54. The normalized spacial score (nSPS) is 13.6. The largest absolute Gasteiger partial charge is 0.378 e. The summed E-state index contributed by atoms with van der Waals surface area (Å²) in [6.45, 7) is 2.13. The van der Waals surface area contributed by atoms with E-state index in [0.717, 1.165) is 0 Å². The fraction of sp³-hybridized carbons (Fsp3) is 0.208. The Balaban J connectivity index is 1.81. The maximum Gasteiger partial charge on any atom is 0.263 e. The minimum atomic E-state index is -0.719. The Morgan fingerprint density at radius 1 is 1.12 bits per heavy atom. The number of nitrogens with two attached hydrogens (primary N) is 1. The molecule has 3 aromatic rings. The monoisotopic (exact) mass is 502 g/mol. The van der Waals surface area contributed by atoms with Gasteiger partial charge in [0.15, 0.2) is 5.82 Å². The van der Waals surface area contributed by atoms with E-state index in [9.17, 15) is 14.0 Å². The van der Waals surface area contributed by atoms with E-state index in [1.165, 1.54) is 36.3 Å². The van der Waals surface area contributed by atoms with Crippen molar-refractivity contribution < 1.29 is 18.7 Å². The zero-order valence-electron chi connectivity index (χ0n) is 18.2. The number of halogens is 3. The Morgan fingerprint density at radius 2 is 1.85 bits per heavy atom. The first-order chi connectivity index (χ1) is 16.3. The van der Waals surface area contributed by atoms with Crippen molar-refractivity contribution in [2.24, 2.45) is 5.73 Å². The number of rotatable bonds is 5. The molecule has 2 amide bonds. The Labute approximate surface area is 205 Å². The Bertz CT molecular complexity index is 1240. The molecule has 1 aromatic heterocycles. The van der Waals surface area contributed by atoms with Crippen LogP contribution in [0.2, 0.25) is 10.0 Å². The van der Waals surface area contributed by atoms with E-state index in [1.54, 1.807) is 18.2 Å². The van der Waals surface area contributed by atoms with Crippen LogP contribution in [0.5, 0.6) is 0 Å². The number of ether oxygens (including phenoxy) is 1. The molecule has 0 unspecified atom stereocenters. The number of primary amides is 1. The van der Waals surface area contributed by atoms with E-state index in [1.807, 2.05) is 11.0 Å². The second-order valence-electron chi connectivity index (χ2n) is 7.69. The molecule has 34 heavy (non-hydrogen) atoms. The number of nitrogens with zero attached hydrogens (tertiary/aromatic N) is 3. The van der Waals surface area contributed by atoms with Gasteiger partial charge in [0.25, 0.3) is 5.91 Å². The first-order valence-corrected chi connectivity index (χ1v) is 11.2. The van der Waals surface area contributed by atoms with E-state index >= 15 is 0 Å². The van der Waals surface area contributed by atoms with Crippen molar-refractivity contribution in [3.05, 3.63) is 75.7 Å². The molecule has 1 saturated heterocycles. The van der Waals surface area contributed by atoms with Gasteiger partial charge >= 0.3 is 0 Å². The second kappa shape index (κ2) is 9.97. The van der Waals surface area contributed by atoms with Crippen molar-refractivity contribution >= 4 is 46.5 Å². The van der Waals surface area contributed by atoms with Gasteiger partial charge in [-0.05, 0) is 36.4 Å². The van der Waals surface area contributed by atoms with Crippen molar-refractivity contribution in [3.63, 3.8) is 0 Å². The van der Waals surface area contributed by atoms with E-state index in [4.69, 9.17) is 33.7 Å². The van der Waals surface area contributed by atoms with Crippen LogP contribution in [-0.2, 0) is 4.74 Å². The molecule has 1 fully saturated rings. The number of hydrogen-bond acceptors (Lipinski definition) is 5. The van der Waals surface area contributed by atoms with Crippen LogP contribution in [0.15, 0.2) is 48.7 Å². The van der Waals surface area contributed by atoms with Gasteiger partial charge in [-0.25, -0.2) is 9.37 Å². The third kappa shape index (κ3) is 4.70. The SMILES string of the molecule is CN(C(=O)c1c(F)cccc1Cl)c1ncc(-c2cc(C(N)=O)ccc2Cl)cc1N1CCOCC1. The predicted octanol–water partition coefficient (Wildman–Crippen LogP) is 4.41. The second-order valence-corrected chi connectivity index (χ2v) is 8.50. The molecule has 0 saturated carbocycles. The van der Waals surface area contributed by atoms with E-state index in [2.05, 4.69) is 4.98 Å². The predicted molar refractivity (Wildman–Crippen MR) is 130 cm³/mol. The van der Waals surface area contributed by atoms with Crippen LogP contribution in [0.1, 0.15) is 20.7 Å². The molecule has 2 N–H and O–H groups in total. The quantitative estimate of drug-likeness (QED) is 0.558. The highest BCUT2D eigenvalue weighted by atomic mass is 35.5. The molecule has 0 radical (unpaired) electrons. The molecule has 0 atom stereocenters. The van der Waals surface area contributed by atoms with Crippen LogP contribution in [0.3, 0.4) is 0 Å². The number of amides is 2. The summed E-state index contributed by atoms with van der Waals surface area (Å²) in [5.41, 5.74) is 7.32. The van der Waals surface area contributed by atoms with Crippen LogP contribution in [-0.4, -0.2) is 50.1 Å². The molecule has 10 heteroatoms. The Kier molecular flexibility index (Phi) is 7.02. The molecule has 1 aliphatic heterocycles. The average Bonchev–Trinajstić information content (AvgIpc) is 2.83. The molecule has 4 rings (SSSR count). The molecule has 2 aromatic carbocycles. The third-order valence-corrected chi connectivity index (χ3v) is 6.20. The van der Waals surface area contributed by atoms with Gasteiger partial charge in [0.05, 0.1) is 29.5 Å². The van der Waals surface area contributed by atoms with E-state index in [-0.39, 0.29) is 10.6 Å². The maximum absolute atomic E-state index is 14.4. The topological polar surface area (TPSA) is 88.8 Å². The van der Waals surface area contributed by atoms with Crippen molar-refractivity contribution in [3.8, 4) is 11.1 Å². The molecule has 0 bridgehead atoms. The lowest BCUT2D eigenvalue weighted by molar-refractivity contribution is 0.0984. The summed E-state index contributed by atoms with van der Waals surface area (Å²) < 4.78 is 19.9. The lowest BCUT2D eigenvalue weighted by atomic mass is 10.0. The first kappa shape index (κ1) is 23.9. The van der Waals surface area contributed by atoms with Crippen molar-refractivity contribution in [1.82, 2.24) is 4.98 Å². The van der Waals surface area contributed by atoms with Crippen LogP contribution in [0.25, 0.3) is 11.1 Å². The van der Waals surface area contributed by atoms with Gasteiger partial charge < -0.3 is 15.4 Å². The zero-order valence-corrected chi connectivity index (χ0v) is 19.7. The molecular weight excluding hydrogens is 482 g/mol. The fourth-order valence-corrected chi connectivity index (χ4v) is 4.22. The van der Waals surface area contributed by atoms with Gasteiger partial charge in [0.2, 0.25) is 5.91 Å². The number of benzene rings is 2. The Morgan fingerprint density at radius 3 is 2.53 bits per heavy atom. The van der Waals surface area contributed by atoms with Crippen molar-refractivity contribution in [1.29, 1.82) is 0 Å². The number of morpholine rings is 1. The highest BCUT2D eigenvalue weighted by Crippen LogP contribution is 2.36. The standard InChI is InChI=1S/C24H21Cl2FN4O3/c1-30(24(33)21-18(26)3-2-4-19(21)27)23-20(31-7-9-34-10-8-31)12-15(13-29-23)16-11-14(22(28)32)5-6-17(16)25/h2-6,11-13H,7-10H2,1H3,(H2,28,32). The average molecular weight is 503 g/mol. The molecule has 7 nitrogen and oxygen atoms in total. The van der Waals surface area contributed by atoms with E-state index in [0.29, 0.717) is 59.5 Å². The molecule has 2 heterocycles. The summed E-state index contributed by atoms with van der Waals surface area (Å²) in [7, 11) is 1.51. The molecule has 176 valence electrons. The smallest absolute Gasteiger partial charge is 0.263 e. The number of anilines is 2. The van der Waals surface area contributed by atoms with Crippen molar-refractivity contribution in [2.45, 2.75) is 0 Å². The van der Waals surface area contributed by atoms with Gasteiger partial charge in [0.1, 0.15) is 5.82 Å². The van der Waals surface area contributed by atoms with E-state index < -0.39 is 17.6 Å². The minimum absolute atomic E-state index is 0.0106. The van der Waals surface area contributed by atoms with Crippen LogP contribution in [0, 0.1) is 5.82 Å².